The lowest BCUT2D eigenvalue weighted by Crippen LogP contribution is -2.15. The van der Waals surface area contributed by atoms with Crippen molar-refractivity contribution in [2.45, 2.75) is 20.0 Å². The maximum Gasteiger partial charge on any atom is 0.338 e. The second-order valence-corrected chi connectivity index (χ2v) is 7.71. The maximum atomic E-state index is 11.7. The van der Waals surface area contributed by atoms with Crippen LogP contribution >= 0.6 is 0 Å². The molecule has 0 saturated heterocycles. The van der Waals surface area contributed by atoms with E-state index in [0.29, 0.717) is 105 Å². The van der Waals surface area contributed by atoms with Crippen LogP contribution in [0.1, 0.15) is 24.2 Å². The summed E-state index contributed by atoms with van der Waals surface area (Å²) in [6.07, 6.45) is 0.230. The first-order valence-electron chi connectivity index (χ1n) is 12.6. The van der Waals surface area contributed by atoms with Gasteiger partial charge in [0.15, 0.2) is 0 Å². The standard InChI is InChI=1S/C26H44O10/c1-24(2)35-22-20-33-18-16-31-14-12-29-10-8-28-9-11-30-13-15-32-17-19-34-21-23-36-26(27)25-6-4-3-5-7-25/h3-7,24H,8-23H2,1-2H3. The summed E-state index contributed by atoms with van der Waals surface area (Å²) >= 11 is 0. The van der Waals surface area contributed by atoms with Crippen molar-refractivity contribution in [2.75, 3.05) is 106 Å². The molecule has 0 spiro atoms. The lowest BCUT2D eigenvalue weighted by molar-refractivity contribution is -0.0264. The Bertz CT molecular complexity index is 600. The molecular weight excluding hydrogens is 472 g/mol. The van der Waals surface area contributed by atoms with Gasteiger partial charge in [-0.1, -0.05) is 18.2 Å². The lowest BCUT2D eigenvalue weighted by Gasteiger charge is -2.09. The molecule has 10 nitrogen and oxygen atoms in total. The Morgan fingerprint density at radius 1 is 0.528 bits per heavy atom. The van der Waals surface area contributed by atoms with E-state index in [4.69, 9.17) is 42.6 Å². The first-order valence-corrected chi connectivity index (χ1v) is 12.6. The number of benzene rings is 1. The van der Waals surface area contributed by atoms with Crippen molar-refractivity contribution in [3.8, 4) is 0 Å². The van der Waals surface area contributed by atoms with Crippen LogP contribution in [0.15, 0.2) is 30.3 Å². The molecule has 0 atom stereocenters. The summed E-state index contributed by atoms with van der Waals surface area (Å²) in [5, 5.41) is 0. The van der Waals surface area contributed by atoms with Gasteiger partial charge in [-0.15, -0.1) is 0 Å². The van der Waals surface area contributed by atoms with Gasteiger partial charge in [0.1, 0.15) is 6.61 Å². The molecule has 0 aliphatic rings. The van der Waals surface area contributed by atoms with Gasteiger partial charge < -0.3 is 42.6 Å². The number of hydrogen-bond acceptors (Lipinski definition) is 10. The van der Waals surface area contributed by atoms with Crippen LogP contribution in [0.5, 0.6) is 0 Å². The van der Waals surface area contributed by atoms with Gasteiger partial charge in [0.05, 0.1) is 111 Å². The topological polar surface area (TPSA) is 100 Å². The average Bonchev–Trinajstić information content (AvgIpc) is 2.88. The molecule has 1 aromatic carbocycles. The zero-order chi connectivity index (χ0) is 25.9. The third-order valence-corrected chi connectivity index (χ3v) is 4.38. The van der Waals surface area contributed by atoms with Crippen molar-refractivity contribution >= 4 is 5.97 Å². The Hall–Kier alpha value is -1.63. The molecule has 0 aliphatic heterocycles. The first-order chi connectivity index (χ1) is 17.7. The van der Waals surface area contributed by atoms with E-state index >= 15 is 0 Å². The molecule has 0 bridgehead atoms. The van der Waals surface area contributed by atoms with Gasteiger partial charge in [0.25, 0.3) is 0 Å². The zero-order valence-electron chi connectivity index (χ0n) is 21.9. The third-order valence-electron chi connectivity index (χ3n) is 4.38. The maximum absolute atomic E-state index is 11.7. The summed E-state index contributed by atoms with van der Waals surface area (Å²) in [5.41, 5.74) is 0.530. The number of esters is 1. The average molecular weight is 517 g/mol. The minimum atomic E-state index is -0.352. The van der Waals surface area contributed by atoms with Crippen LogP contribution in [0, 0.1) is 0 Å². The minimum absolute atomic E-state index is 0.209. The highest BCUT2D eigenvalue weighted by atomic mass is 16.6. The van der Waals surface area contributed by atoms with E-state index in [1.807, 2.05) is 19.9 Å². The van der Waals surface area contributed by atoms with Gasteiger partial charge in [0.2, 0.25) is 0 Å². The fourth-order valence-corrected chi connectivity index (χ4v) is 2.62. The highest BCUT2D eigenvalue weighted by molar-refractivity contribution is 5.89. The van der Waals surface area contributed by atoms with Crippen molar-refractivity contribution in [3.63, 3.8) is 0 Å². The molecule has 0 aliphatic carbocycles. The van der Waals surface area contributed by atoms with E-state index in [2.05, 4.69) is 0 Å². The minimum Gasteiger partial charge on any atom is -0.460 e. The summed E-state index contributed by atoms with van der Waals surface area (Å²) in [6.45, 7) is 11.7. The molecule has 208 valence electrons. The van der Waals surface area contributed by atoms with Crippen LogP contribution in [0.25, 0.3) is 0 Å². The van der Waals surface area contributed by atoms with Crippen molar-refractivity contribution in [2.24, 2.45) is 0 Å². The highest BCUT2D eigenvalue weighted by Gasteiger charge is 2.05. The normalized spacial score (nSPS) is 11.3. The van der Waals surface area contributed by atoms with Crippen LogP contribution in [-0.2, 0) is 42.6 Å². The summed E-state index contributed by atoms with van der Waals surface area (Å²) in [7, 11) is 0. The Morgan fingerprint density at radius 3 is 1.22 bits per heavy atom. The number of carbonyl (C=O) groups is 1. The molecular formula is C26H44O10. The molecule has 0 radical (unpaired) electrons. The molecule has 0 N–H and O–H groups in total. The Balaban J connectivity index is 1.67. The number of hydrogen-bond donors (Lipinski definition) is 0. The van der Waals surface area contributed by atoms with Gasteiger partial charge in [0, 0.05) is 0 Å². The number of rotatable bonds is 26. The highest BCUT2D eigenvalue weighted by Crippen LogP contribution is 2.00. The Kier molecular flexibility index (Phi) is 22.5. The van der Waals surface area contributed by atoms with Crippen LogP contribution in [-0.4, -0.2) is 118 Å². The van der Waals surface area contributed by atoms with Gasteiger partial charge in [-0.25, -0.2) is 4.79 Å². The first kappa shape index (κ1) is 32.4. The number of carbonyl (C=O) groups excluding carboxylic acids is 1. The summed E-state index contributed by atoms with van der Waals surface area (Å²) in [5.74, 6) is -0.352. The monoisotopic (exact) mass is 516 g/mol. The van der Waals surface area contributed by atoms with Gasteiger partial charge >= 0.3 is 5.97 Å². The summed E-state index contributed by atoms with van der Waals surface area (Å²) < 4.78 is 48.4. The van der Waals surface area contributed by atoms with Crippen LogP contribution in [0.4, 0.5) is 0 Å². The second kappa shape index (κ2) is 25.0. The Labute approximate surface area is 215 Å². The predicted molar refractivity (Wildman–Crippen MR) is 134 cm³/mol. The van der Waals surface area contributed by atoms with Crippen molar-refractivity contribution < 1.29 is 47.4 Å². The molecule has 0 heterocycles. The van der Waals surface area contributed by atoms with Gasteiger partial charge in [-0.3, -0.25) is 0 Å². The Morgan fingerprint density at radius 2 is 0.861 bits per heavy atom. The molecule has 0 aromatic heterocycles. The molecule has 0 fully saturated rings. The molecule has 0 amide bonds. The lowest BCUT2D eigenvalue weighted by atomic mass is 10.2. The molecule has 1 rings (SSSR count). The van der Waals surface area contributed by atoms with Crippen molar-refractivity contribution in [1.29, 1.82) is 0 Å². The summed E-state index contributed by atoms with van der Waals surface area (Å²) in [6, 6.07) is 8.86. The van der Waals surface area contributed by atoms with Crippen LogP contribution in [0.3, 0.4) is 0 Å². The van der Waals surface area contributed by atoms with Crippen LogP contribution in [0.2, 0.25) is 0 Å². The smallest absolute Gasteiger partial charge is 0.338 e. The van der Waals surface area contributed by atoms with Crippen LogP contribution < -0.4 is 0 Å². The van der Waals surface area contributed by atoms with E-state index in [-0.39, 0.29) is 18.7 Å². The van der Waals surface area contributed by atoms with E-state index in [9.17, 15) is 4.79 Å². The second-order valence-electron chi connectivity index (χ2n) is 7.71. The molecule has 36 heavy (non-hydrogen) atoms. The van der Waals surface area contributed by atoms with E-state index in [1.165, 1.54) is 0 Å². The number of ether oxygens (including phenoxy) is 9. The van der Waals surface area contributed by atoms with Gasteiger partial charge in [-0.2, -0.15) is 0 Å². The zero-order valence-corrected chi connectivity index (χ0v) is 21.9. The van der Waals surface area contributed by atoms with E-state index in [1.54, 1.807) is 24.3 Å². The molecule has 0 unspecified atom stereocenters. The SMILES string of the molecule is CC(C)OCCOCCOCCOCCOCCOCCOCCOCCOC(=O)c1ccccc1. The fourth-order valence-electron chi connectivity index (χ4n) is 2.62. The van der Waals surface area contributed by atoms with Crippen molar-refractivity contribution in [3.05, 3.63) is 35.9 Å². The van der Waals surface area contributed by atoms with E-state index in [0.717, 1.165) is 0 Å². The summed E-state index contributed by atoms with van der Waals surface area (Å²) in [4.78, 5) is 11.7. The molecule has 0 saturated carbocycles. The quantitative estimate of drug-likeness (QED) is 0.135. The predicted octanol–water partition coefficient (Wildman–Crippen LogP) is 2.38. The largest absolute Gasteiger partial charge is 0.460 e. The van der Waals surface area contributed by atoms with Crippen molar-refractivity contribution in [1.82, 2.24) is 0 Å². The van der Waals surface area contributed by atoms with E-state index < -0.39 is 0 Å². The van der Waals surface area contributed by atoms with Gasteiger partial charge in [-0.05, 0) is 26.0 Å². The third kappa shape index (κ3) is 21.6. The fraction of sp³-hybridized carbons (Fsp3) is 0.731. The molecule has 1 aromatic rings. The molecule has 10 heteroatoms.